The molecule has 3 atom stereocenters. The summed E-state index contributed by atoms with van der Waals surface area (Å²) < 4.78 is 5.37. The molecule has 2 aliphatic rings. The summed E-state index contributed by atoms with van der Waals surface area (Å²) in [6.07, 6.45) is 0. The highest BCUT2D eigenvalue weighted by atomic mass is 16.5. The van der Waals surface area contributed by atoms with Crippen molar-refractivity contribution < 1.29 is 9.53 Å². The number of benzene rings is 2. The van der Waals surface area contributed by atoms with Crippen LogP contribution in [0.5, 0.6) is 0 Å². The molecule has 0 saturated carbocycles. The van der Waals surface area contributed by atoms with E-state index in [4.69, 9.17) is 4.74 Å². The van der Waals surface area contributed by atoms with E-state index in [1.807, 2.05) is 12.1 Å². The SMILES string of the molecule is CC(=O)[C@H]1[C@@H](C2COC2)N1C(c1ccccc1)c1ccccc1. The van der Waals surface area contributed by atoms with Crippen LogP contribution in [0.25, 0.3) is 0 Å². The highest BCUT2D eigenvalue weighted by Gasteiger charge is 2.59. The van der Waals surface area contributed by atoms with E-state index in [0.29, 0.717) is 12.0 Å². The monoisotopic (exact) mass is 307 g/mol. The van der Waals surface area contributed by atoms with E-state index in [-0.39, 0.29) is 17.9 Å². The predicted octanol–water partition coefficient (Wildman–Crippen LogP) is 3.06. The Labute approximate surface area is 136 Å². The minimum Gasteiger partial charge on any atom is -0.381 e. The van der Waals surface area contributed by atoms with E-state index >= 15 is 0 Å². The molecular weight excluding hydrogens is 286 g/mol. The first-order chi connectivity index (χ1) is 11.3. The van der Waals surface area contributed by atoms with Gasteiger partial charge in [0.2, 0.25) is 0 Å². The first kappa shape index (κ1) is 14.6. The highest BCUT2D eigenvalue weighted by molar-refractivity contribution is 5.85. The molecule has 0 radical (unpaired) electrons. The Morgan fingerprint density at radius 3 is 1.91 bits per heavy atom. The molecule has 0 aliphatic carbocycles. The summed E-state index contributed by atoms with van der Waals surface area (Å²) in [7, 11) is 0. The van der Waals surface area contributed by atoms with Crippen molar-refractivity contribution in [3.8, 4) is 0 Å². The van der Waals surface area contributed by atoms with Crippen LogP contribution < -0.4 is 0 Å². The Morgan fingerprint density at radius 2 is 1.52 bits per heavy atom. The van der Waals surface area contributed by atoms with Gasteiger partial charge in [0.15, 0.2) is 0 Å². The fourth-order valence-corrected chi connectivity index (χ4v) is 3.81. The molecule has 2 heterocycles. The van der Waals surface area contributed by atoms with Crippen molar-refractivity contribution in [1.82, 2.24) is 4.90 Å². The van der Waals surface area contributed by atoms with Crippen molar-refractivity contribution in [1.29, 1.82) is 0 Å². The summed E-state index contributed by atoms with van der Waals surface area (Å²) in [5, 5.41) is 0. The number of ketones is 1. The topological polar surface area (TPSA) is 29.3 Å². The maximum Gasteiger partial charge on any atom is 0.148 e. The number of ether oxygens (including phenoxy) is 1. The van der Waals surface area contributed by atoms with Gasteiger partial charge < -0.3 is 4.74 Å². The second kappa shape index (κ2) is 5.91. The van der Waals surface area contributed by atoms with Gasteiger partial charge in [-0.3, -0.25) is 9.69 Å². The van der Waals surface area contributed by atoms with E-state index in [2.05, 4.69) is 53.4 Å². The number of rotatable bonds is 5. The van der Waals surface area contributed by atoms with Gasteiger partial charge >= 0.3 is 0 Å². The van der Waals surface area contributed by atoms with Gasteiger partial charge in [-0.25, -0.2) is 0 Å². The Balaban J connectivity index is 1.72. The summed E-state index contributed by atoms with van der Waals surface area (Å²) in [6, 6.07) is 21.4. The average Bonchev–Trinajstić information content (AvgIpc) is 3.23. The normalized spacial score (nSPS) is 26.8. The van der Waals surface area contributed by atoms with Gasteiger partial charge in [-0.05, 0) is 18.1 Å². The quantitative estimate of drug-likeness (QED) is 0.795. The Kier molecular flexibility index (Phi) is 3.76. The molecule has 1 unspecified atom stereocenters. The summed E-state index contributed by atoms with van der Waals surface area (Å²) in [5.41, 5.74) is 2.49. The molecule has 2 saturated heterocycles. The fraction of sp³-hybridized carbons (Fsp3) is 0.350. The van der Waals surface area contributed by atoms with Gasteiger partial charge in [0, 0.05) is 12.0 Å². The lowest BCUT2D eigenvalue weighted by atomic mass is 9.97. The molecule has 118 valence electrons. The Morgan fingerprint density at radius 1 is 1.00 bits per heavy atom. The molecule has 4 rings (SSSR count). The number of hydrogen-bond acceptors (Lipinski definition) is 3. The third-order valence-corrected chi connectivity index (χ3v) is 4.99. The van der Waals surface area contributed by atoms with E-state index < -0.39 is 0 Å². The lowest BCUT2D eigenvalue weighted by molar-refractivity contribution is -0.117. The molecule has 23 heavy (non-hydrogen) atoms. The zero-order valence-corrected chi connectivity index (χ0v) is 13.3. The van der Waals surface area contributed by atoms with Crippen molar-refractivity contribution in [2.45, 2.75) is 25.0 Å². The molecule has 2 fully saturated rings. The molecule has 3 nitrogen and oxygen atoms in total. The molecule has 0 spiro atoms. The largest absolute Gasteiger partial charge is 0.381 e. The molecule has 2 aliphatic heterocycles. The first-order valence-electron chi connectivity index (χ1n) is 8.23. The molecule has 2 aromatic rings. The van der Waals surface area contributed by atoms with Crippen LogP contribution >= 0.6 is 0 Å². The number of hydrogen-bond donors (Lipinski definition) is 0. The van der Waals surface area contributed by atoms with E-state index in [9.17, 15) is 4.79 Å². The molecule has 3 heteroatoms. The van der Waals surface area contributed by atoms with Crippen LogP contribution in [0.1, 0.15) is 24.1 Å². The minimum atomic E-state index is 0.0225. The standard InChI is InChI=1S/C20H21NO2/c1-14(22)18-20(17-12-23-13-17)21(18)19(15-8-4-2-5-9-15)16-10-6-3-7-11-16/h2-11,17-20H,12-13H2,1H3/t18-,20+,21?/m0/s1. The summed E-state index contributed by atoms with van der Waals surface area (Å²) in [6.45, 7) is 3.27. The fourth-order valence-electron chi connectivity index (χ4n) is 3.81. The zero-order valence-electron chi connectivity index (χ0n) is 13.3. The molecule has 2 aromatic carbocycles. The Bertz CT molecular complexity index is 642. The van der Waals surface area contributed by atoms with Crippen LogP contribution in [0, 0.1) is 5.92 Å². The van der Waals surface area contributed by atoms with Crippen molar-refractivity contribution in [2.75, 3.05) is 13.2 Å². The molecular formula is C20H21NO2. The maximum absolute atomic E-state index is 12.2. The van der Waals surface area contributed by atoms with Crippen molar-refractivity contribution in [3.05, 3.63) is 71.8 Å². The number of nitrogens with zero attached hydrogens (tertiary/aromatic N) is 1. The summed E-state index contributed by atoms with van der Waals surface area (Å²) in [4.78, 5) is 14.5. The number of carbonyl (C=O) groups is 1. The lowest BCUT2D eigenvalue weighted by Gasteiger charge is -2.28. The second-order valence-electron chi connectivity index (χ2n) is 6.51. The molecule has 0 N–H and O–H groups in total. The van der Waals surface area contributed by atoms with Crippen LogP contribution in [0.15, 0.2) is 60.7 Å². The van der Waals surface area contributed by atoms with E-state index in [1.54, 1.807) is 6.92 Å². The van der Waals surface area contributed by atoms with Gasteiger partial charge in [-0.15, -0.1) is 0 Å². The van der Waals surface area contributed by atoms with Gasteiger partial charge in [-0.2, -0.15) is 0 Å². The third kappa shape index (κ3) is 2.60. The number of Topliss-reactive ketones (excluding diaryl/α,β-unsaturated/α-hetero) is 1. The number of carbonyl (C=O) groups excluding carboxylic acids is 1. The molecule has 0 amide bonds. The maximum atomic E-state index is 12.2. The summed E-state index contributed by atoms with van der Waals surface area (Å²) in [5.74, 6) is 0.748. The molecule has 0 aromatic heterocycles. The van der Waals surface area contributed by atoms with Gasteiger partial charge in [-0.1, -0.05) is 60.7 Å². The van der Waals surface area contributed by atoms with Crippen molar-refractivity contribution in [2.24, 2.45) is 5.92 Å². The predicted molar refractivity (Wildman–Crippen MR) is 89.1 cm³/mol. The highest BCUT2D eigenvalue weighted by Crippen LogP contribution is 2.47. The minimum absolute atomic E-state index is 0.0225. The third-order valence-electron chi connectivity index (χ3n) is 4.99. The molecule has 0 bridgehead atoms. The average molecular weight is 307 g/mol. The van der Waals surface area contributed by atoms with Crippen LogP contribution in [0.4, 0.5) is 0 Å². The van der Waals surface area contributed by atoms with E-state index in [0.717, 1.165) is 13.2 Å². The van der Waals surface area contributed by atoms with Crippen LogP contribution in [0.2, 0.25) is 0 Å². The van der Waals surface area contributed by atoms with Gasteiger partial charge in [0.25, 0.3) is 0 Å². The Hall–Kier alpha value is -1.97. The second-order valence-corrected chi connectivity index (χ2v) is 6.51. The van der Waals surface area contributed by atoms with Crippen LogP contribution in [-0.2, 0) is 9.53 Å². The van der Waals surface area contributed by atoms with Crippen LogP contribution in [0.3, 0.4) is 0 Å². The van der Waals surface area contributed by atoms with Crippen molar-refractivity contribution in [3.63, 3.8) is 0 Å². The van der Waals surface area contributed by atoms with Crippen LogP contribution in [-0.4, -0.2) is 36.0 Å². The van der Waals surface area contributed by atoms with Gasteiger partial charge in [0.05, 0.1) is 25.3 Å². The van der Waals surface area contributed by atoms with Crippen molar-refractivity contribution >= 4 is 5.78 Å². The van der Waals surface area contributed by atoms with Gasteiger partial charge in [0.1, 0.15) is 5.78 Å². The lowest BCUT2D eigenvalue weighted by Crippen LogP contribution is -2.35. The summed E-state index contributed by atoms with van der Waals surface area (Å²) >= 11 is 0. The van der Waals surface area contributed by atoms with E-state index in [1.165, 1.54) is 11.1 Å². The smallest absolute Gasteiger partial charge is 0.148 e. The first-order valence-corrected chi connectivity index (χ1v) is 8.23. The zero-order chi connectivity index (χ0) is 15.8.